The van der Waals surface area contributed by atoms with E-state index in [0.717, 1.165) is 50.2 Å². The zero-order chi connectivity index (χ0) is 27.1. The Hall–Kier alpha value is -3.46. The molecule has 0 saturated heterocycles. The van der Waals surface area contributed by atoms with Crippen molar-refractivity contribution in [1.82, 2.24) is 9.55 Å². The van der Waals surface area contributed by atoms with Gasteiger partial charge in [0.05, 0.1) is 12.2 Å². The van der Waals surface area contributed by atoms with Crippen LogP contribution >= 0.6 is 11.6 Å². The number of ether oxygens (including phenoxy) is 1. The molecule has 4 aromatic rings. The van der Waals surface area contributed by atoms with E-state index in [1.165, 1.54) is 0 Å². The maximum absolute atomic E-state index is 13.0. The number of hydrogen-bond donors (Lipinski definition) is 0. The van der Waals surface area contributed by atoms with E-state index in [0.29, 0.717) is 17.3 Å². The third kappa shape index (κ3) is 5.32. The maximum atomic E-state index is 13.0. The van der Waals surface area contributed by atoms with Crippen molar-refractivity contribution in [2.75, 3.05) is 0 Å². The third-order valence-electron chi connectivity index (χ3n) is 6.60. The third-order valence-corrected chi connectivity index (χ3v) is 6.85. The molecule has 37 heavy (non-hydrogen) atoms. The molecule has 190 valence electrons. The topological polar surface area (TPSA) is 48.5 Å². The monoisotopic (exact) mass is 513 g/mol. The lowest BCUT2D eigenvalue weighted by atomic mass is 9.90. The molecular weight excluding hydrogens is 482 g/mol. The van der Waals surface area contributed by atoms with Crippen molar-refractivity contribution in [2.24, 2.45) is 0 Å². The Bertz CT molecular complexity index is 1540. The molecule has 0 unspecified atom stereocenters. The number of carbonyl (C=O) groups is 1. The molecule has 0 aliphatic carbocycles. The van der Waals surface area contributed by atoms with Gasteiger partial charge in [0.25, 0.3) is 0 Å². The minimum atomic E-state index is -0.763. The lowest BCUT2D eigenvalue weighted by molar-refractivity contribution is -0.138. The zero-order valence-electron chi connectivity index (χ0n) is 22.4. The molecule has 0 aliphatic heterocycles. The first-order valence-electron chi connectivity index (χ1n) is 12.3. The molecule has 0 radical (unpaired) electrons. The molecule has 0 saturated carbocycles. The molecule has 0 amide bonds. The van der Waals surface area contributed by atoms with Gasteiger partial charge in [-0.1, -0.05) is 48.0 Å². The molecule has 2 aromatic heterocycles. The van der Waals surface area contributed by atoms with Crippen LogP contribution in [0.4, 0.5) is 5.69 Å². The summed E-state index contributed by atoms with van der Waals surface area (Å²) in [5.41, 5.74) is 7.55. The number of aryl methyl sites for hydroxylation is 2. The predicted octanol–water partition coefficient (Wildman–Crippen LogP) is 8.33. The summed E-state index contributed by atoms with van der Waals surface area (Å²) in [5.74, 6) is -0.0702. The summed E-state index contributed by atoms with van der Waals surface area (Å²) in [7, 11) is 0. The van der Waals surface area contributed by atoms with E-state index >= 15 is 0 Å². The van der Waals surface area contributed by atoms with E-state index in [-0.39, 0.29) is 5.78 Å². The number of ketones is 1. The SMILES string of the molecule is [C-]#[N+]c1cccc(Cn2c(C)c(C)c3c(-c4ccc(Cl)cc4)c([C@H](OC(C)(C)C)C(C)=O)c(C)nc32)c1. The molecule has 4 rings (SSSR count). The Morgan fingerprint density at radius 3 is 2.41 bits per heavy atom. The second-order valence-corrected chi connectivity index (χ2v) is 10.9. The van der Waals surface area contributed by atoms with Crippen molar-refractivity contribution in [3.63, 3.8) is 0 Å². The largest absolute Gasteiger partial charge is 0.360 e. The molecule has 0 N–H and O–H groups in total. The van der Waals surface area contributed by atoms with Crippen LogP contribution in [0.3, 0.4) is 0 Å². The van der Waals surface area contributed by atoms with Crippen LogP contribution < -0.4 is 0 Å². The van der Waals surface area contributed by atoms with Gasteiger partial charge < -0.3 is 9.30 Å². The fourth-order valence-electron chi connectivity index (χ4n) is 4.83. The van der Waals surface area contributed by atoms with Gasteiger partial charge in [0, 0.05) is 39.5 Å². The summed E-state index contributed by atoms with van der Waals surface area (Å²) in [6, 6.07) is 15.4. The molecule has 0 bridgehead atoms. The Balaban J connectivity index is 2.06. The number of aromatic nitrogens is 2. The number of fused-ring (bicyclic) bond motifs is 1. The standard InChI is InChI=1S/C31H32ClN3O2/c1-18-20(3)35(17-22-10-9-11-25(16-22)33-8)30-26(18)28(23-12-14-24(32)15-13-23)27(19(2)34-30)29(21(4)36)37-31(5,6)7/h9-16,29H,17H2,1-7H3/t29-/m1/s1. The van der Waals surface area contributed by atoms with Gasteiger partial charge in [0.15, 0.2) is 11.5 Å². The smallest absolute Gasteiger partial charge is 0.187 e. The minimum absolute atomic E-state index is 0.0702. The summed E-state index contributed by atoms with van der Waals surface area (Å²) >= 11 is 6.25. The van der Waals surface area contributed by atoms with Gasteiger partial charge in [-0.25, -0.2) is 9.83 Å². The highest BCUT2D eigenvalue weighted by Crippen LogP contribution is 2.42. The Labute approximate surface area is 223 Å². The first-order valence-corrected chi connectivity index (χ1v) is 12.7. The molecule has 0 aliphatic rings. The molecule has 0 fully saturated rings. The zero-order valence-corrected chi connectivity index (χ0v) is 23.2. The number of nitrogens with zero attached hydrogens (tertiary/aromatic N) is 3. The van der Waals surface area contributed by atoms with Crippen molar-refractivity contribution in [3.8, 4) is 11.1 Å². The molecule has 0 spiro atoms. The molecule has 2 aromatic carbocycles. The van der Waals surface area contributed by atoms with Gasteiger partial charge in [0.1, 0.15) is 11.8 Å². The lowest BCUT2D eigenvalue weighted by Gasteiger charge is -2.29. The van der Waals surface area contributed by atoms with E-state index in [4.69, 9.17) is 27.9 Å². The fraction of sp³-hybridized carbons (Fsp3) is 0.323. The number of benzene rings is 2. The van der Waals surface area contributed by atoms with Crippen molar-refractivity contribution in [3.05, 3.63) is 93.0 Å². The van der Waals surface area contributed by atoms with E-state index in [9.17, 15) is 4.79 Å². The molecule has 6 heteroatoms. The van der Waals surface area contributed by atoms with Crippen molar-refractivity contribution >= 4 is 34.1 Å². The van der Waals surface area contributed by atoms with Crippen LogP contribution in [-0.4, -0.2) is 20.9 Å². The lowest BCUT2D eigenvalue weighted by Crippen LogP contribution is -2.27. The van der Waals surface area contributed by atoms with Crippen LogP contribution in [0.2, 0.25) is 5.02 Å². The van der Waals surface area contributed by atoms with Crippen LogP contribution in [0.25, 0.3) is 27.0 Å². The van der Waals surface area contributed by atoms with Gasteiger partial charge in [-0.2, -0.15) is 0 Å². The maximum Gasteiger partial charge on any atom is 0.187 e. The highest BCUT2D eigenvalue weighted by atomic mass is 35.5. The fourth-order valence-corrected chi connectivity index (χ4v) is 4.96. The number of pyridine rings is 1. The number of carbonyl (C=O) groups excluding carboxylic acids is 1. The number of Topliss-reactive ketones (excluding diaryl/α,β-unsaturated/α-hetero) is 1. The highest BCUT2D eigenvalue weighted by Gasteiger charge is 2.32. The van der Waals surface area contributed by atoms with Crippen LogP contribution in [-0.2, 0) is 16.1 Å². The summed E-state index contributed by atoms with van der Waals surface area (Å²) in [5, 5.41) is 1.64. The average molecular weight is 514 g/mol. The Kier molecular flexibility index (Phi) is 7.28. The van der Waals surface area contributed by atoms with E-state index in [2.05, 4.69) is 23.3 Å². The number of rotatable bonds is 6. The van der Waals surface area contributed by atoms with Gasteiger partial charge in [-0.05, 0) is 77.3 Å². The summed E-state index contributed by atoms with van der Waals surface area (Å²) in [4.78, 5) is 21.7. The van der Waals surface area contributed by atoms with Gasteiger partial charge in [-0.3, -0.25) is 4.79 Å². The van der Waals surface area contributed by atoms with E-state index in [1.54, 1.807) is 6.92 Å². The molecular formula is C31H32ClN3O2. The van der Waals surface area contributed by atoms with Gasteiger partial charge in [-0.15, -0.1) is 0 Å². The highest BCUT2D eigenvalue weighted by molar-refractivity contribution is 6.30. The number of halogens is 1. The first kappa shape index (κ1) is 26.6. The summed E-state index contributed by atoms with van der Waals surface area (Å²) < 4.78 is 8.54. The van der Waals surface area contributed by atoms with Gasteiger partial charge in [0.2, 0.25) is 0 Å². The quantitative estimate of drug-likeness (QED) is 0.243. The van der Waals surface area contributed by atoms with Crippen LogP contribution in [0.15, 0.2) is 48.5 Å². The molecule has 5 nitrogen and oxygen atoms in total. The summed E-state index contributed by atoms with van der Waals surface area (Å²) in [6.45, 7) is 21.5. The van der Waals surface area contributed by atoms with E-state index < -0.39 is 11.7 Å². The minimum Gasteiger partial charge on any atom is -0.360 e. The molecule has 2 heterocycles. The second kappa shape index (κ2) is 10.1. The van der Waals surface area contributed by atoms with Crippen LogP contribution in [0.5, 0.6) is 0 Å². The second-order valence-electron chi connectivity index (χ2n) is 10.5. The Morgan fingerprint density at radius 2 is 1.81 bits per heavy atom. The predicted molar refractivity (Wildman–Crippen MR) is 150 cm³/mol. The normalized spacial score (nSPS) is 12.5. The Morgan fingerprint density at radius 1 is 1.14 bits per heavy atom. The van der Waals surface area contributed by atoms with Crippen molar-refractivity contribution < 1.29 is 9.53 Å². The van der Waals surface area contributed by atoms with Crippen molar-refractivity contribution in [1.29, 1.82) is 0 Å². The number of hydrogen-bond acceptors (Lipinski definition) is 3. The van der Waals surface area contributed by atoms with Gasteiger partial charge >= 0.3 is 0 Å². The van der Waals surface area contributed by atoms with Crippen LogP contribution in [0.1, 0.15) is 61.9 Å². The van der Waals surface area contributed by atoms with Crippen molar-refractivity contribution in [2.45, 2.75) is 66.7 Å². The first-order chi connectivity index (χ1) is 17.4. The average Bonchev–Trinajstić information content (AvgIpc) is 3.06. The van der Waals surface area contributed by atoms with E-state index in [1.807, 2.05) is 76.2 Å². The van der Waals surface area contributed by atoms with Crippen LogP contribution in [0, 0.1) is 27.3 Å². The summed E-state index contributed by atoms with van der Waals surface area (Å²) in [6.07, 6.45) is -0.763. The molecule has 1 atom stereocenters.